The zero-order chi connectivity index (χ0) is 25.1. The first-order valence-corrected chi connectivity index (χ1v) is 12.6. The summed E-state index contributed by atoms with van der Waals surface area (Å²) in [6, 6.07) is 11.4. The predicted octanol–water partition coefficient (Wildman–Crippen LogP) is 3.18. The molecule has 0 saturated carbocycles. The zero-order valence-electron chi connectivity index (χ0n) is 17.6. The van der Waals surface area contributed by atoms with E-state index in [2.05, 4.69) is 0 Å². The van der Waals surface area contributed by atoms with Crippen molar-refractivity contribution in [3.63, 3.8) is 0 Å². The minimum Gasteiger partial charge on any atom is -0.459 e. The number of likely N-dealkylation sites (N-methyl/N-ethyl adjacent to an activating group) is 1. The first-order valence-electron chi connectivity index (χ1n) is 9.64. The first-order chi connectivity index (χ1) is 15.8. The van der Waals surface area contributed by atoms with Crippen LogP contribution in [0, 0.1) is 0 Å². The summed E-state index contributed by atoms with van der Waals surface area (Å²) in [7, 11) is -7.73. The number of alkyl halides is 3. The van der Waals surface area contributed by atoms with Crippen molar-refractivity contribution in [2.75, 3.05) is 20.1 Å². The second-order valence-corrected chi connectivity index (χ2v) is 10.8. The van der Waals surface area contributed by atoms with Gasteiger partial charge in [0.2, 0.25) is 19.9 Å². The van der Waals surface area contributed by atoms with E-state index in [1.165, 1.54) is 49.7 Å². The number of nitrogens with zero attached hydrogens (tertiary/aromatic N) is 1. The van der Waals surface area contributed by atoms with E-state index in [1.807, 2.05) is 4.72 Å². The summed E-state index contributed by atoms with van der Waals surface area (Å²) in [5, 5.41) is 0. The molecule has 0 saturated heterocycles. The largest absolute Gasteiger partial charge is 0.459 e. The van der Waals surface area contributed by atoms with Crippen LogP contribution in [-0.2, 0) is 26.0 Å². The molecule has 0 atom stereocenters. The van der Waals surface area contributed by atoms with Crippen molar-refractivity contribution in [3.8, 4) is 0 Å². The van der Waals surface area contributed by atoms with E-state index in [1.54, 1.807) is 6.07 Å². The number of sulfone groups is 1. The van der Waals surface area contributed by atoms with Gasteiger partial charge in [-0.05, 0) is 42.5 Å². The van der Waals surface area contributed by atoms with Crippen molar-refractivity contribution in [2.45, 2.75) is 20.9 Å². The third-order valence-electron chi connectivity index (χ3n) is 4.73. The standard InChI is InChI=1S/C21H19F3N2O6S2/c1-26(20(27)18-8-5-13-32-18)12-11-25-34(30,31)19-14-16(9-10-17(19)21(22,23)24)33(28,29)15-6-3-2-4-7-15/h2-10,13-14,25H,11-12H2,1H3. The van der Waals surface area contributed by atoms with Gasteiger partial charge < -0.3 is 9.32 Å². The fourth-order valence-corrected chi connectivity index (χ4v) is 5.63. The lowest BCUT2D eigenvalue weighted by Crippen LogP contribution is -2.36. The number of carbonyl (C=O) groups excluding carboxylic acids is 1. The number of halogens is 3. The van der Waals surface area contributed by atoms with Gasteiger partial charge >= 0.3 is 6.18 Å². The van der Waals surface area contributed by atoms with Crippen LogP contribution in [0.15, 0.2) is 86.0 Å². The highest BCUT2D eigenvalue weighted by atomic mass is 32.2. The molecule has 3 rings (SSSR count). The molecular weight excluding hydrogens is 497 g/mol. The Balaban J connectivity index is 1.89. The van der Waals surface area contributed by atoms with Crippen molar-refractivity contribution in [2.24, 2.45) is 0 Å². The first kappa shape index (κ1) is 25.5. The molecule has 1 N–H and O–H groups in total. The van der Waals surface area contributed by atoms with Gasteiger partial charge in [0, 0.05) is 20.1 Å². The summed E-state index contributed by atoms with van der Waals surface area (Å²) in [5.74, 6) is -0.556. The Morgan fingerprint density at radius 3 is 2.24 bits per heavy atom. The van der Waals surface area contributed by atoms with Crippen molar-refractivity contribution in [1.82, 2.24) is 9.62 Å². The van der Waals surface area contributed by atoms with Gasteiger partial charge in [0.05, 0.1) is 26.5 Å². The fraction of sp³-hybridized carbons (Fsp3) is 0.190. The monoisotopic (exact) mass is 516 g/mol. The Kier molecular flexibility index (Phi) is 7.19. The van der Waals surface area contributed by atoms with E-state index in [-0.39, 0.29) is 17.2 Å². The van der Waals surface area contributed by atoms with Gasteiger partial charge in [-0.25, -0.2) is 21.6 Å². The minimum atomic E-state index is -5.06. The van der Waals surface area contributed by atoms with Crippen LogP contribution in [-0.4, -0.2) is 47.8 Å². The van der Waals surface area contributed by atoms with Gasteiger partial charge in [0.25, 0.3) is 5.91 Å². The lowest BCUT2D eigenvalue weighted by molar-refractivity contribution is -0.139. The molecule has 0 unspecified atom stereocenters. The SMILES string of the molecule is CN(CCNS(=O)(=O)c1cc(S(=O)(=O)c2ccccc2)ccc1C(F)(F)F)C(=O)c1ccco1. The number of sulfonamides is 1. The molecule has 182 valence electrons. The minimum absolute atomic E-state index is 0.00327. The lowest BCUT2D eigenvalue weighted by Gasteiger charge is -2.18. The van der Waals surface area contributed by atoms with Crippen molar-refractivity contribution >= 4 is 25.8 Å². The molecule has 13 heteroatoms. The van der Waals surface area contributed by atoms with Crippen LogP contribution >= 0.6 is 0 Å². The number of benzene rings is 2. The summed E-state index contributed by atoms with van der Waals surface area (Å²) in [4.78, 5) is 11.2. The highest BCUT2D eigenvalue weighted by Gasteiger charge is 2.38. The van der Waals surface area contributed by atoms with Gasteiger partial charge in [-0.1, -0.05) is 18.2 Å². The normalized spacial score (nSPS) is 12.5. The highest BCUT2D eigenvalue weighted by molar-refractivity contribution is 7.91. The summed E-state index contributed by atoms with van der Waals surface area (Å²) >= 11 is 0. The lowest BCUT2D eigenvalue weighted by atomic mass is 10.2. The Morgan fingerprint density at radius 1 is 0.971 bits per heavy atom. The van der Waals surface area contributed by atoms with E-state index in [9.17, 15) is 34.8 Å². The molecule has 1 amide bonds. The van der Waals surface area contributed by atoms with Crippen molar-refractivity contribution < 1.29 is 39.2 Å². The Bertz CT molecular complexity index is 1370. The maximum Gasteiger partial charge on any atom is 0.417 e. The smallest absolute Gasteiger partial charge is 0.417 e. The van der Waals surface area contributed by atoms with Gasteiger partial charge in [0.1, 0.15) is 0 Å². The molecule has 2 aromatic carbocycles. The third-order valence-corrected chi connectivity index (χ3v) is 8.00. The highest BCUT2D eigenvalue weighted by Crippen LogP contribution is 2.36. The second kappa shape index (κ2) is 9.60. The molecule has 1 aromatic heterocycles. The Labute approximate surface area is 194 Å². The molecule has 0 bridgehead atoms. The van der Waals surface area contributed by atoms with Crippen LogP contribution < -0.4 is 4.72 Å². The number of carbonyl (C=O) groups is 1. The molecule has 0 radical (unpaired) electrons. The molecule has 0 spiro atoms. The quantitative estimate of drug-likeness (QED) is 0.492. The average Bonchev–Trinajstić information content (AvgIpc) is 3.33. The number of rotatable bonds is 8. The summed E-state index contributed by atoms with van der Waals surface area (Å²) < 4.78 is 98.7. The Morgan fingerprint density at radius 2 is 1.65 bits per heavy atom. The van der Waals surface area contributed by atoms with E-state index in [0.29, 0.717) is 18.2 Å². The van der Waals surface area contributed by atoms with E-state index in [0.717, 1.165) is 4.90 Å². The predicted molar refractivity (Wildman–Crippen MR) is 114 cm³/mol. The Hall–Kier alpha value is -3.16. The maximum absolute atomic E-state index is 13.5. The number of hydrogen-bond donors (Lipinski definition) is 1. The molecule has 34 heavy (non-hydrogen) atoms. The second-order valence-electron chi connectivity index (χ2n) is 7.07. The molecule has 0 fully saturated rings. The van der Waals surface area contributed by atoms with Crippen LogP contribution in [0.2, 0.25) is 0 Å². The van der Waals surface area contributed by atoms with Gasteiger partial charge in [-0.2, -0.15) is 13.2 Å². The molecule has 0 aliphatic carbocycles. The number of furan rings is 1. The van der Waals surface area contributed by atoms with Crippen LogP contribution in [0.25, 0.3) is 0 Å². The average molecular weight is 517 g/mol. The molecule has 1 heterocycles. The van der Waals surface area contributed by atoms with Gasteiger partial charge in [0.15, 0.2) is 5.76 Å². The molecular formula is C21H19F3N2O6S2. The van der Waals surface area contributed by atoms with Gasteiger partial charge in [-0.15, -0.1) is 0 Å². The van der Waals surface area contributed by atoms with Crippen LogP contribution in [0.4, 0.5) is 13.2 Å². The van der Waals surface area contributed by atoms with Crippen molar-refractivity contribution in [1.29, 1.82) is 0 Å². The molecule has 0 aliphatic rings. The van der Waals surface area contributed by atoms with E-state index in [4.69, 9.17) is 4.42 Å². The fourth-order valence-electron chi connectivity index (χ4n) is 2.98. The molecule has 3 aromatic rings. The van der Waals surface area contributed by atoms with Crippen LogP contribution in [0.3, 0.4) is 0 Å². The topological polar surface area (TPSA) is 114 Å². The summed E-state index contributed by atoms with van der Waals surface area (Å²) in [6.07, 6.45) is -3.79. The van der Waals surface area contributed by atoms with Crippen LogP contribution in [0.5, 0.6) is 0 Å². The molecule has 0 aliphatic heterocycles. The van der Waals surface area contributed by atoms with E-state index < -0.39 is 53.8 Å². The molecule has 8 nitrogen and oxygen atoms in total. The summed E-state index contributed by atoms with van der Waals surface area (Å²) in [6.45, 7) is -0.625. The number of nitrogens with one attached hydrogen (secondary N) is 1. The van der Waals surface area contributed by atoms with E-state index >= 15 is 0 Å². The number of hydrogen-bond acceptors (Lipinski definition) is 6. The summed E-state index contributed by atoms with van der Waals surface area (Å²) in [5.41, 5.74) is -1.52. The maximum atomic E-state index is 13.5. The number of amides is 1. The van der Waals surface area contributed by atoms with Gasteiger partial charge in [-0.3, -0.25) is 4.79 Å². The third kappa shape index (κ3) is 5.48. The van der Waals surface area contributed by atoms with Crippen molar-refractivity contribution in [3.05, 3.63) is 78.3 Å². The zero-order valence-corrected chi connectivity index (χ0v) is 19.2. The van der Waals surface area contributed by atoms with Crippen LogP contribution in [0.1, 0.15) is 16.1 Å².